The first-order valence-corrected chi connectivity index (χ1v) is 14.8. The van der Waals surface area contributed by atoms with Gasteiger partial charge in [0.1, 0.15) is 11.5 Å². The zero-order valence-corrected chi connectivity index (χ0v) is 23.4. The lowest BCUT2D eigenvalue weighted by molar-refractivity contribution is 0.104. The summed E-state index contributed by atoms with van der Waals surface area (Å²) in [5.74, 6) is 0.671. The van der Waals surface area contributed by atoms with E-state index >= 15 is 0 Å². The number of phenols is 1. The Balaban J connectivity index is 0.00000353. The van der Waals surface area contributed by atoms with Crippen LogP contribution < -0.4 is 10.1 Å². The largest absolute Gasteiger partial charge is 0.508 e. The molecule has 0 bridgehead atoms. The SMILES string of the molecule is CS(=O)(=O)c1ccc(-c2ccc3cc(O)ccc3c2C(=O)c2ccc(OCCC3CCCCN3)cc2)cc1.Cl. The molecule has 1 aliphatic heterocycles. The molecule has 4 aromatic rings. The molecule has 6 nitrogen and oxygen atoms in total. The molecule has 2 N–H and O–H groups in total. The Bertz CT molecular complexity index is 1560. The lowest BCUT2D eigenvalue weighted by atomic mass is 9.89. The summed E-state index contributed by atoms with van der Waals surface area (Å²) in [4.78, 5) is 14.1. The van der Waals surface area contributed by atoms with Crippen molar-refractivity contribution >= 4 is 38.8 Å². The molecule has 204 valence electrons. The molecule has 0 spiro atoms. The summed E-state index contributed by atoms with van der Waals surface area (Å²) in [5, 5.41) is 15.0. The van der Waals surface area contributed by atoms with Gasteiger partial charge in [-0.2, -0.15) is 0 Å². The van der Waals surface area contributed by atoms with Gasteiger partial charge >= 0.3 is 0 Å². The topological polar surface area (TPSA) is 92.7 Å². The minimum Gasteiger partial charge on any atom is -0.508 e. The summed E-state index contributed by atoms with van der Waals surface area (Å²) in [6.07, 6.45) is 5.79. The molecule has 8 heteroatoms. The van der Waals surface area contributed by atoms with Crippen molar-refractivity contribution in [2.45, 2.75) is 36.6 Å². The van der Waals surface area contributed by atoms with Crippen molar-refractivity contribution in [3.8, 4) is 22.6 Å². The molecule has 1 unspecified atom stereocenters. The number of hydrogen-bond donors (Lipinski definition) is 2. The molecular formula is C31H32ClNO5S. The van der Waals surface area contributed by atoms with Crippen LogP contribution in [0.15, 0.2) is 83.8 Å². The van der Waals surface area contributed by atoms with E-state index in [1.165, 1.54) is 25.5 Å². The number of halogens is 1. The summed E-state index contributed by atoms with van der Waals surface area (Å²) < 4.78 is 29.8. The normalized spacial score (nSPS) is 15.5. The molecular weight excluding hydrogens is 534 g/mol. The maximum absolute atomic E-state index is 13.9. The van der Waals surface area contributed by atoms with Gasteiger partial charge in [-0.25, -0.2) is 8.42 Å². The molecule has 1 saturated heterocycles. The molecule has 0 radical (unpaired) electrons. The van der Waals surface area contributed by atoms with Crippen LogP contribution in [0.2, 0.25) is 0 Å². The quantitative estimate of drug-likeness (QED) is 0.248. The number of nitrogens with one attached hydrogen (secondary N) is 1. The van der Waals surface area contributed by atoms with Gasteiger partial charge in [-0.05, 0) is 102 Å². The van der Waals surface area contributed by atoms with Crippen molar-refractivity contribution < 1.29 is 23.1 Å². The summed E-state index contributed by atoms with van der Waals surface area (Å²) in [5.41, 5.74) is 2.42. The lowest BCUT2D eigenvalue weighted by Gasteiger charge is -2.23. The third kappa shape index (κ3) is 6.61. The van der Waals surface area contributed by atoms with E-state index in [-0.39, 0.29) is 28.8 Å². The van der Waals surface area contributed by atoms with E-state index < -0.39 is 9.84 Å². The molecule has 0 aromatic heterocycles. The van der Waals surface area contributed by atoms with E-state index in [0.29, 0.717) is 34.7 Å². The molecule has 0 saturated carbocycles. The number of piperidine rings is 1. The number of carbonyl (C=O) groups excluding carboxylic acids is 1. The third-order valence-electron chi connectivity index (χ3n) is 7.09. The zero-order valence-electron chi connectivity index (χ0n) is 21.7. The Morgan fingerprint density at radius 2 is 1.72 bits per heavy atom. The number of fused-ring (bicyclic) bond motifs is 1. The smallest absolute Gasteiger partial charge is 0.194 e. The monoisotopic (exact) mass is 565 g/mol. The second-order valence-electron chi connectivity index (χ2n) is 9.83. The Morgan fingerprint density at radius 1 is 0.974 bits per heavy atom. The Kier molecular flexibility index (Phi) is 8.95. The Morgan fingerprint density at radius 3 is 2.38 bits per heavy atom. The fourth-order valence-corrected chi connectivity index (χ4v) is 5.65. The highest BCUT2D eigenvalue weighted by atomic mass is 35.5. The van der Waals surface area contributed by atoms with Crippen LogP contribution in [-0.4, -0.2) is 44.8 Å². The minimum absolute atomic E-state index is 0. The summed E-state index contributed by atoms with van der Waals surface area (Å²) in [6, 6.07) is 22.8. The van der Waals surface area contributed by atoms with Crippen LogP contribution in [0.1, 0.15) is 41.6 Å². The molecule has 39 heavy (non-hydrogen) atoms. The second-order valence-corrected chi connectivity index (χ2v) is 11.8. The van der Waals surface area contributed by atoms with Crippen LogP contribution in [0, 0.1) is 0 Å². The Hall–Kier alpha value is -3.39. The van der Waals surface area contributed by atoms with Gasteiger partial charge in [0, 0.05) is 23.4 Å². The van der Waals surface area contributed by atoms with Crippen LogP contribution in [0.25, 0.3) is 21.9 Å². The zero-order chi connectivity index (χ0) is 26.7. The van der Waals surface area contributed by atoms with E-state index in [1.54, 1.807) is 54.6 Å². The number of benzene rings is 4. The predicted molar refractivity (Wildman–Crippen MR) is 157 cm³/mol. The van der Waals surface area contributed by atoms with Gasteiger partial charge in [-0.15, -0.1) is 12.4 Å². The average molecular weight is 566 g/mol. The second kappa shape index (κ2) is 12.2. The maximum Gasteiger partial charge on any atom is 0.194 e. The first kappa shape index (κ1) is 28.6. The van der Waals surface area contributed by atoms with Crippen LogP contribution >= 0.6 is 12.4 Å². The first-order chi connectivity index (χ1) is 18.3. The van der Waals surface area contributed by atoms with Gasteiger partial charge in [0.15, 0.2) is 15.6 Å². The molecule has 1 fully saturated rings. The van der Waals surface area contributed by atoms with Crippen molar-refractivity contribution in [2.24, 2.45) is 0 Å². The molecule has 0 aliphatic carbocycles. The minimum atomic E-state index is -3.34. The molecule has 1 heterocycles. The van der Waals surface area contributed by atoms with Crippen LogP contribution in [-0.2, 0) is 9.84 Å². The number of sulfone groups is 1. The number of phenolic OH excluding ortho intramolecular Hbond substituents is 1. The van der Waals surface area contributed by atoms with E-state index in [2.05, 4.69) is 5.32 Å². The number of ketones is 1. The summed E-state index contributed by atoms with van der Waals surface area (Å²) in [7, 11) is -3.34. The van der Waals surface area contributed by atoms with Crippen LogP contribution in [0.3, 0.4) is 0 Å². The fraction of sp³-hybridized carbons (Fsp3) is 0.258. The van der Waals surface area contributed by atoms with E-state index in [1.807, 2.05) is 24.3 Å². The van der Waals surface area contributed by atoms with Gasteiger partial charge in [0.25, 0.3) is 0 Å². The first-order valence-electron chi connectivity index (χ1n) is 12.9. The van der Waals surface area contributed by atoms with E-state index in [0.717, 1.165) is 29.7 Å². The average Bonchev–Trinajstić information content (AvgIpc) is 2.92. The van der Waals surface area contributed by atoms with E-state index in [9.17, 15) is 18.3 Å². The maximum atomic E-state index is 13.9. The highest BCUT2D eigenvalue weighted by Gasteiger charge is 2.20. The highest BCUT2D eigenvalue weighted by molar-refractivity contribution is 7.90. The van der Waals surface area contributed by atoms with Crippen molar-refractivity contribution in [3.63, 3.8) is 0 Å². The van der Waals surface area contributed by atoms with Gasteiger partial charge in [-0.3, -0.25) is 4.79 Å². The van der Waals surface area contributed by atoms with Crippen LogP contribution in [0.5, 0.6) is 11.5 Å². The van der Waals surface area contributed by atoms with Gasteiger partial charge < -0.3 is 15.2 Å². The molecule has 1 aliphatic rings. The van der Waals surface area contributed by atoms with Crippen molar-refractivity contribution in [3.05, 3.63) is 90.0 Å². The van der Waals surface area contributed by atoms with Crippen LogP contribution in [0.4, 0.5) is 0 Å². The highest BCUT2D eigenvalue weighted by Crippen LogP contribution is 2.34. The van der Waals surface area contributed by atoms with Crippen molar-refractivity contribution in [1.82, 2.24) is 5.32 Å². The fourth-order valence-electron chi connectivity index (χ4n) is 5.02. The third-order valence-corrected chi connectivity index (χ3v) is 8.22. The molecule has 4 aromatic carbocycles. The number of aromatic hydroxyl groups is 1. The van der Waals surface area contributed by atoms with Gasteiger partial charge in [0.05, 0.1) is 11.5 Å². The van der Waals surface area contributed by atoms with Gasteiger partial charge in [-0.1, -0.05) is 30.7 Å². The number of carbonyl (C=O) groups is 1. The molecule has 0 amide bonds. The molecule has 1 atom stereocenters. The molecule has 5 rings (SSSR count). The predicted octanol–water partition coefficient (Wildman–Crippen LogP) is 6.18. The van der Waals surface area contributed by atoms with Crippen molar-refractivity contribution in [1.29, 1.82) is 0 Å². The van der Waals surface area contributed by atoms with E-state index in [4.69, 9.17) is 4.74 Å². The standard InChI is InChI=1S/C31H31NO5S.ClH/c1-38(35,36)27-13-7-21(8-14-27)28-15-9-23-20-25(33)10-16-29(23)30(28)31(34)22-5-11-26(12-6-22)37-19-17-24-4-2-3-18-32-24;/h5-16,20,24,32-33H,2-4,17-19H2,1H3;1H. The number of ether oxygens (including phenoxy) is 1. The Labute approximate surface area is 235 Å². The van der Waals surface area contributed by atoms with Crippen molar-refractivity contribution in [2.75, 3.05) is 19.4 Å². The number of hydrogen-bond acceptors (Lipinski definition) is 6. The number of rotatable bonds is 8. The summed E-state index contributed by atoms with van der Waals surface area (Å²) >= 11 is 0. The summed E-state index contributed by atoms with van der Waals surface area (Å²) in [6.45, 7) is 1.69. The lowest BCUT2D eigenvalue weighted by Crippen LogP contribution is -2.35. The van der Waals surface area contributed by atoms with Gasteiger partial charge in [0.2, 0.25) is 0 Å².